The van der Waals surface area contributed by atoms with Crippen molar-refractivity contribution < 1.29 is 0 Å². The highest BCUT2D eigenvalue weighted by Crippen LogP contribution is 2.38. The van der Waals surface area contributed by atoms with E-state index >= 15 is 0 Å². The molecule has 0 N–H and O–H groups in total. The van der Waals surface area contributed by atoms with Gasteiger partial charge >= 0.3 is 0 Å². The van der Waals surface area contributed by atoms with Crippen LogP contribution in [0.1, 0.15) is 56.2 Å². The average molecular weight is 293 g/mol. The van der Waals surface area contributed by atoms with Crippen molar-refractivity contribution in [1.29, 1.82) is 0 Å². The molecule has 1 aliphatic rings. The molecule has 2 aromatic carbocycles. The van der Waals surface area contributed by atoms with Crippen molar-refractivity contribution in [3.63, 3.8) is 0 Å². The van der Waals surface area contributed by atoms with Gasteiger partial charge < -0.3 is 4.90 Å². The van der Waals surface area contributed by atoms with Crippen LogP contribution in [0.25, 0.3) is 11.1 Å². The van der Waals surface area contributed by atoms with Gasteiger partial charge in [0.2, 0.25) is 0 Å². The minimum absolute atomic E-state index is 0.574. The molecule has 0 spiro atoms. The summed E-state index contributed by atoms with van der Waals surface area (Å²) in [6, 6.07) is 14.0. The summed E-state index contributed by atoms with van der Waals surface area (Å²) in [4.78, 5) is 2.41. The quantitative estimate of drug-likeness (QED) is 0.697. The zero-order valence-corrected chi connectivity index (χ0v) is 14.5. The normalized spacial score (nSPS) is 14.0. The average Bonchev–Trinajstić information content (AvgIpc) is 2.64. The van der Waals surface area contributed by atoms with Gasteiger partial charge in [-0.25, -0.2) is 0 Å². The van der Waals surface area contributed by atoms with Crippen LogP contribution >= 0.6 is 0 Å². The molecule has 1 heteroatoms. The molecule has 0 bridgehead atoms. The first-order valence-electron chi connectivity index (χ1n) is 8.45. The Balaban J connectivity index is 2.15. The topological polar surface area (TPSA) is 3.24 Å². The highest BCUT2D eigenvalue weighted by Gasteiger charge is 2.19. The van der Waals surface area contributed by atoms with E-state index in [-0.39, 0.29) is 0 Å². The zero-order valence-electron chi connectivity index (χ0n) is 14.5. The van der Waals surface area contributed by atoms with Gasteiger partial charge in [-0.2, -0.15) is 0 Å². The molecule has 0 fully saturated rings. The Hall–Kier alpha value is -1.76. The van der Waals surface area contributed by atoms with E-state index in [9.17, 15) is 0 Å². The SMILES string of the molecule is CC(C)c1ccc2c(c1)CCN(C)c1cc(C(C)C)ccc1-2. The van der Waals surface area contributed by atoms with Crippen molar-refractivity contribution in [2.75, 3.05) is 18.5 Å². The fraction of sp³-hybridized carbons (Fsp3) is 0.429. The van der Waals surface area contributed by atoms with E-state index in [1.807, 2.05) is 0 Å². The second-order valence-electron chi connectivity index (χ2n) is 7.17. The van der Waals surface area contributed by atoms with Gasteiger partial charge in [0.1, 0.15) is 0 Å². The highest BCUT2D eigenvalue weighted by atomic mass is 15.1. The third-order valence-corrected chi connectivity index (χ3v) is 4.90. The number of hydrogen-bond donors (Lipinski definition) is 0. The first-order chi connectivity index (χ1) is 10.5. The molecule has 2 aromatic rings. The highest BCUT2D eigenvalue weighted by molar-refractivity contribution is 5.82. The summed E-state index contributed by atoms with van der Waals surface area (Å²) in [5.41, 5.74) is 8.54. The van der Waals surface area contributed by atoms with Crippen molar-refractivity contribution in [3.05, 3.63) is 53.1 Å². The predicted molar refractivity (Wildman–Crippen MR) is 97.0 cm³/mol. The van der Waals surface area contributed by atoms with Gasteiger partial charge in [0.05, 0.1) is 0 Å². The van der Waals surface area contributed by atoms with Crippen LogP contribution in [0, 0.1) is 0 Å². The largest absolute Gasteiger partial charge is 0.374 e. The molecule has 1 heterocycles. The molecular formula is C21H27N. The van der Waals surface area contributed by atoms with Crippen molar-refractivity contribution >= 4 is 5.69 Å². The lowest BCUT2D eigenvalue weighted by atomic mass is 9.91. The van der Waals surface area contributed by atoms with Crippen LogP contribution < -0.4 is 4.90 Å². The van der Waals surface area contributed by atoms with E-state index in [0.29, 0.717) is 11.8 Å². The molecule has 0 saturated carbocycles. The monoisotopic (exact) mass is 293 g/mol. The van der Waals surface area contributed by atoms with Crippen LogP contribution in [0.4, 0.5) is 5.69 Å². The summed E-state index contributed by atoms with van der Waals surface area (Å²) in [6.07, 6.45) is 1.12. The molecule has 22 heavy (non-hydrogen) atoms. The number of nitrogens with zero attached hydrogens (tertiary/aromatic N) is 1. The van der Waals surface area contributed by atoms with Crippen LogP contribution in [0.3, 0.4) is 0 Å². The van der Waals surface area contributed by atoms with Crippen LogP contribution in [-0.2, 0) is 6.42 Å². The van der Waals surface area contributed by atoms with Gasteiger partial charge in [-0.05, 0) is 46.6 Å². The molecule has 0 aromatic heterocycles. The second-order valence-corrected chi connectivity index (χ2v) is 7.17. The first-order valence-corrected chi connectivity index (χ1v) is 8.45. The maximum absolute atomic E-state index is 2.42. The summed E-state index contributed by atoms with van der Waals surface area (Å²) in [5, 5.41) is 0. The lowest BCUT2D eigenvalue weighted by molar-refractivity contribution is 0.849. The second kappa shape index (κ2) is 5.79. The Kier molecular flexibility index (Phi) is 3.99. The standard InChI is InChI=1S/C21H27N/c1-14(2)16-6-8-19-18(12-16)10-11-22(5)21-13-17(15(3)4)7-9-20(19)21/h6-9,12-15H,10-11H2,1-5H3. The van der Waals surface area contributed by atoms with Gasteiger partial charge in [-0.1, -0.05) is 58.0 Å². The molecule has 3 rings (SSSR count). The molecule has 1 aliphatic heterocycles. The lowest BCUT2D eigenvalue weighted by Crippen LogP contribution is -2.19. The fourth-order valence-electron chi connectivity index (χ4n) is 3.30. The summed E-state index contributed by atoms with van der Waals surface area (Å²) >= 11 is 0. The Bertz CT molecular complexity index is 682. The number of likely N-dealkylation sites (N-methyl/N-ethyl adjacent to an activating group) is 1. The van der Waals surface area contributed by atoms with E-state index in [1.165, 1.54) is 33.5 Å². The first kappa shape index (κ1) is 15.1. The van der Waals surface area contributed by atoms with E-state index in [2.05, 4.69) is 76.0 Å². The molecule has 1 nitrogen and oxygen atoms in total. The summed E-state index contributed by atoms with van der Waals surface area (Å²) < 4.78 is 0. The third-order valence-electron chi connectivity index (χ3n) is 4.90. The summed E-state index contributed by atoms with van der Waals surface area (Å²) in [7, 11) is 2.22. The summed E-state index contributed by atoms with van der Waals surface area (Å²) in [6.45, 7) is 10.2. The van der Waals surface area contributed by atoms with Gasteiger partial charge in [0.15, 0.2) is 0 Å². The van der Waals surface area contributed by atoms with Gasteiger partial charge in [-0.15, -0.1) is 0 Å². The Morgan fingerprint density at radius 3 is 2.05 bits per heavy atom. The van der Waals surface area contributed by atoms with Crippen LogP contribution in [-0.4, -0.2) is 13.6 Å². The van der Waals surface area contributed by atoms with Crippen LogP contribution in [0.2, 0.25) is 0 Å². The molecule has 0 aliphatic carbocycles. The summed E-state index contributed by atoms with van der Waals surface area (Å²) in [5.74, 6) is 1.17. The molecule has 0 amide bonds. The van der Waals surface area contributed by atoms with Crippen molar-refractivity contribution in [2.45, 2.75) is 46.0 Å². The van der Waals surface area contributed by atoms with Crippen molar-refractivity contribution in [2.24, 2.45) is 0 Å². The minimum atomic E-state index is 0.574. The third kappa shape index (κ3) is 2.65. The Morgan fingerprint density at radius 2 is 1.41 bits per heavy atom. The van der Waals surface area contributed by atoms with Crippen molar-refractivity contribution in [1.82, 2.24) is 0 Å². The maximum atomic E-state index is 2.42. The Morgan fingerprint density at radius 1 is 0.818 bits per heavy atom. The minimum Gasteiger partial charge on any atom is -0.374 e. The molecule has 116 valence electrons. The molecular weight excluding hydrogens is 266 g/mol. The molecule has 0 radical (unpaired) electrons. The number of rotatable bonds is 2. The van der Waals surface area contributed by atoms with E-state index in [4.69, 9.17) is 0 Å². The van der Waals surface area contributed by atoms with Crippen molar-refractivity contribution in [3.8, 4) is 11.1 Å². The number of fused-ring (bicyclic) bond motifs is 3. The van der Waals surface area contributed by atoms with Crippen LogP contribution in [0.5, 0.6) is 0 Å². The predicted octanol–water partition coefficient (Wildman–Crippen LogP) is 5.59. The van der Waals surface area contributed by atoms with E-state index < -0.39 is 0 Å². The number of hydrogen-bond acceptors (Lipinski definition) is 1. The van der Waals surface area contributed by atoms with Gasteiger partial charge in [0.25, 0.3) is 0 Å². The zero-order chi connectivity index (χ0) is 15.9. The van der Waals surface area contributed by atoms with Gasteiger partial charge in [0, 0.05) is 24.8 Å². The molecule has 0 atom stereocenters. The van der Waals surface area contributed by atoms with Crippen LogP contribution in [0.15, 0.2) is 36.4 Å². The van der Waals surface area contributed by atoms with Gasteiger partial charge in [-0.3, -0.25) is 0 Å². The Labute approximate surface area is 135 Å². The lowest BCUT2D eigenvalue weighted by Gasteiger charge is -2.21. The van der Waals surface area contributed by atoms with E-state index in [1.54, 1.807) is 0 Å². The molecule has 0 unspecified atom stereocenters. The number of benzene rings is 2. The smallest absolute Gasteiger partial charge is 0.0446 e. The molecule has 0 saturated heterocycles. The fourth-order valence-corrected chi connectivity index (χ4v) is 3.30. The maximum Gasteiger partial charge on any atom is 0.0446 e. The van der Waals surface area contributed by atoms with E-state index in [0.717, 1.165) is 13.0 Å². The number of anilines is 1.